The Balaban J connectivity index is 0.000000257. The molecule has 0 saturated carbocycles. The highest BCUT2D eigenvalue weighted by Gasteiger charge is 2.23. The van der Waals surface area contributed by atoms with Crippen LogP contribution < -0.4 is 5.73 Å². The maximum absolute atomic E-state index is 10.9. The topological polar surface area (TPSA) is 146 Å². The minimum absolute atomic E-state index is 0.0231. The third-order valence-electron chi connectivity index (χ3n) is 2.96. The van der Waals surface area contributed by atoms with Crippen LogP contribution in [0.15, 0.2) is 41.3 Å². The number of hydrogen-bond donors (Lipinski definition) is 1. The highest BCUT2D eigenvalue weighted by atomic mass is 35.7. The first-order chi connectivity index (χ1) is 11.4. The van der Waals surface area contributed by atoms with Gasteiger partial charge in [-0.25, -0.2) is 8.42 Å². The lowest BCUT2D eigenvalue weighted by atomic mass is 10.2. The second-order valence-corrected chi connectivity index (χ2v) is 7.52. The summed E-state index contributed by atoms with van der Waals surface area (Å²) in [6.45, 7) is 3.41. The minimum Gasteiger partial charge on any atom is -0.393 e. The number of aryl methyl sites for hydroxylation is 2. The van der Waals surface area contributed by atoms with Gasteiger partial charge in [-0.1, -0.05) is 12.1 Å². The molecule has 0 radical (unpaired) electrons. The minimum atomic E-state index is -4.06. The van der Waals surface area contributed by atoms with Gasteiger partial charge in [-0.15, -0.1) is 0 Å². The summed E-state index contributed by atoms with van der Waals surface area (Å²) < 4.78 is 21.9. The molecule has 2 N–H and O–H groups in total. The van der Waals surface area contributed by atoms with Gasteiger partial charge in [0.15, 0.2) is 4.90 Å². The Morgan fingerprint density at radius 1 is 0.920 bits per heavy atom. The normalized spacial score (nSPS) is 10.5. The molecule has 0 atom stereocenters. The highest BCUT2D eigenvalue weighted by Crippen LogP contribution is 2.27. The molecule has 2 aromatic carbocycles. The van der Waals surface area contributed by atoms with E-state index in [9.17, 15) is 28.6 Å². The Morgan fingerprint density at radius 3 is 1.76 bits per heavy atom. The number of halogens is 1. The van der Waals surface area contributed by atoms with Gasteiger partial charge in [0.2, 0.25) is 0 Å². The van der Waals surface area contributed by atoms with Crippen LogP contribution in [0.1, 0.15) is 11.1 Å². The summed E-state index contributed by atoms with van der Waals surface area (Å²) in [7, 11) is 0.963. The maximum atomic E-state index is 10.9. The molecule has 0 amide bonds. The molecule has 0 aliphatic heterocycles. The van der Waals surface area contributed by atoms with Crippen molar-refractivity contribution in [1.82, 2.24) is 0 Å². The van der Waals surface area contributed by atoms with E-state index in [4.69, 9.17) is 16.4 Å². The Bertz CT molecular complexity index is 930. The van der Waals surface area contributed by atoms with Crippen LogP contribution in [0.5, 0.6) is 0 Å². The van der Waals surface area contributed by atoms with Crippen LogP contribution >= 0.6 is 10.7 Å². The molecule has 0 aliphatic rings. The molecule has 0 bridgehead atoms. The van der Waals surface area contributed by atoms with Crippen LogP contribution in [0, 0.1) is 34.1 Å². The number of nitrogens with zero attached hydrogens (tertiary/aromatic N) is 2. The van der Waals surface area contributed by atoms with Gasteiger partial charge in [0.1, 0.15) is 5.69 Å². The largest absolute Gasteiger partial charge is 0.393 e. The van der Waals surface area contributed by atoms with Crippen molar-refractivity contribution in [1.29, 1.82) is 0 Å². The van der Waals surface area contributed by atoms with Crippen molar-refractivity contribution in [2.24, 2.45) is 0 Å². The molecular formula is C14H14ClN3O6S. The van der Waals surface area contributed by atoms with E-state index in [1.54, 1.807) is 19.9 Å². The Labute approximate surface area is 147 Å². The Kier molecular flexibility index (Phi) is 6.42. The van der Waals surface area contributed by atoms with Gasteiger partial charge in [-0.3, -0.25) is 20.2 Å². The van der Waals surface area contributed by atoms with Crippen molar-refractivity contribution in [2.75, 3.05) is 5.73 Å². The molecule has 0 heterocycles. The molecule has 134 valence electrons. The first kappa shape index (κ1) is 20.3. The first-order valence-electron chi connectivity index (χ1n) is 6.63. The molecule has 0 aromatic heterocycles. The van der Waals surface area contributed by atoms with Crippen LogP contribution in [0.3, 0.4) is 0 Å². The lowest BCUT2D eigenvalue weighted by Crippen LogP contribution is -1.98. The fraction of sp³-hybridized carbons (Fsp3) is 0.143. The van der Waals surface area contributed by atoms with E-state index in [0.717, 1.165) is 17.7 Å². The van der Waals surface area contributed by atoms with E-state index < -0.39 is 29.5 Å². The number of nitro benzene ring substituents is 2. The van der Waals surface area contributed by atoms with Crippen LogP contribution in [-0.2, 0) is 9.05 Å². The smallest absolute Gasteiger partial charge is 0.292 e. The summed E-state index contributed by atoms with van der Waals surface area (Å²) in [5.74, 6) is 0. The number of benzene rings is 2. The SMILES string of the molecule is Cc1ccc(N)c([N+](=O)[O-])c1.Cc1ccc(S(=O)(=O)Cl)c([N+](=O)[O-])c1. The maximum Gasteiger partial charge on any atom is 0.292 e. The van der Waals surface area contributed by atoms with Gasteiger partial charge >= 0.3 is 0 Å². The van der Waals surface area contributed by atoms with Gasteiger partial charge in [-0.05, 0) is 37.1 Å². The van der Waals surface area contributed by atoms with Crippen molar-refractivity contribution in [3.05, 3.63) is 67.8 Å². The van der Waals surface area contributed by atoms with Gasteiger partial charge in [0, 0.05) is 22.8 Å². The first-order valence-corrected chi connectivity index (χ1v) is 8.94. The summed E-state index contributed by atoms with van der Waals surface area (Å²) in [6, 6.07) is 8.46. The lowest BCUT2D eigenvalue weighted by Gasteiger charge is -1.99. The number of nitrogen functional groups attached to an aromatic ring is 1. The van der Waals surface area contributed by atoms with E-state index in [1.807, 2.05) is 0 Å². The van der Waals surface area contributed by atoms with Crippen molar-refractivity contribution < 1.29 is 18.3 Å². The molecule has 11 heteroatoms. The lowest BCUT2D eigenvalue weighted by molar-refractivity contribution is -0.387. The molecule has 2 rings (SSSR count). The van der Waals surface area contributed by atoms with E-state index in [-0.39, 0.29) is 11.4 Å². The highest BCUT2D eigenvalue weighted by molar-refractivity contribution is 8.13. The molecule has 25 heavy (non-hydrogen) atoms. The fourth-order valence-corrected chi connectivity index (χ4v) is 2.79. The third kappa shape index (κ3) is 5.69. The van der Waals surface area contributed by atoms with Crippen molar-refractivity contribution >= 4 is 36.8 Å². The van der Waals surface area contributed by atoms with E-state index in [1.165, 1.54) is 18.2 Å². The zero-order chi connectivity index (χ0) is 19.4. The molecule has 0 aliphatic carbocycles. The monoisotopic (exact) mass is 387 g/mol. The number of rotatable bonds is 3. The Morgan fingerprint density at radius 2 is 1.36 bits per heavy atom. The zero-order valence-corrected chi connectivity index (χ0v) is 14.7. The molecular weight excluding hydrogens is 374 g/mol. The van der Waals surface area contributed by atoms with Crippen LogP contribution in [0.2, 0.25) is 0 Å². The van der Waals surface area contributed by atoms with Crippen LogP contribution in [-0.4, -0.2) is 18.3 Å². The van der Waals surface area contributed by atoms with Gasteiger partial charge in [0.05, 0.1) is 9.85 Å². The predicted molar refractivity (Wildman–Crippen MR) is 93.1 cm³/mol. The predicted octanol–water partition coefficient (Wildman–Crippen LogP) is 3.32. The summed E-state index contributed by atoms with van der Waals surface area (Å²) in [5, 5.41) is 20.8. The molecule has 0 saturated heterocycles. The number of hydrogen-bond acceptors (Lipinski definition) is 7. The van der Waals surface area contributed by atoms with Crippen LogP contribution in [0.4, 0.5) is 17.1 Å². The molecule has 9 nitrogen and oxygen atoms in total. The summed E-state index contributed by atoms with van der Waals surface area (Å²) in [4.78, 5) is 19.1. The third-order valence-corrected chi connectivity index (χ3v) is 4.33. The Hall–Kier alpha value is -2.72. The average molecular weight is 388 g/mol. The quantitative estimate of drug-likeness (QED) is 0.367. The number of anilines is 1. The molecule has 0 fully saturated rings. The number of nitrogens with two attached hydrogens (primary N) is 1. The zero-order valence-electron chi connectivity index (χ0n) is 13.2. The van der Waals surface area contributed by atoms with Gasteiger partial charge < -0.3 is 5.73 Å². The number of nitro groups is 2. The summed E-state index contributed by atoms with van der Waals surface area (Å²) in [6.07, 6.45) is 0. The average Bonchev–Trinajstić information content (AvgIpc) is 2.48. The van der Waals surface area contributed by atoms with Gasteiger partial charge in [0.25, 0.3) is 20.4 Å². The molecule has 2 aromatic rings. The fourth-order valence-electron chi connectivity index (χ4n) is 1.79. The van der Waals surface area contributed by atoms with Crippen molar-refractivity contribution in [3.63, 3.8) is 0 Å². The van der Waals surface area contributed by atoms with E-state index in [2.05, 4.69) is 0 Å². The van der Waals surface area contributed by atoms with Crippen molar-refractivity contribution in [2.45, 2.75) is 18.7 Å². The van der Waals surface area contributed by atoms with E-state index >= 15 is 0 Å². The van der Waals surface area contributed by atoms with Gasteiger partial charge in [-0.2, -0.15) is 0 Å². The summed E-state index contributed by atoms with van der Waals surface area (Å²) >= 11 is 0. The summed E-state index contributed by atoms with van der Waals surface area (Å²) in [5.41, 5.74) is 6.47. The van der Waals surface area contributed by atoms with E-state index in [0.29, 0.717) is 5.56 Å². The van der Waals surface area contributed by atoms with Crippen molar-refractivity contribution in [3.8, 4) is 0 Å². The molecule has 0 unspecified atom stereocenters. The second-order valence-electron chi connectivity index (χ2n) is 4.99. The standard InChI is InChI=1S/C7H6ClNO4S.C7H8N2O2/c1-5-2-3-7(14(8,12)13)6(4-5)9(10)11;1-5-2-3-6(8)7(4-5)9(10)11/h2-4H,1H3;2-4H,8H2,1H3. The van der Waals surface area contributed by atoms with Crippen LogP contribution in [0.25, 0.3) is 0 Å². The molecule has 0 spiro atoms. The second kappa shape index (κ2) is 7.90.